The second kappa shape index (κ2) is 5.18. The lowest BCUT2D eigenvalue weighted by atomic mass is 9.84. The summed E-state index contributed by atoms with van der Waals surface area (Å²) in [5.74, 6) is 0.455. The lowest BCUT2D eigenvalue weighted by Crippen LogP contribution is -2.51. The minimum atomic E-state index is -0.952. The van der Waals surface area contributed by atoms with E-state index < -0.39 is 12.1 Å². The normalized spacial score (nSPS) is 37.0. The van der Waals surface area contributed by atoms with Crippen LogP contribution in [0.15, 0.2) is 0 Å². The van der Waals surface area contributed by atoms with Crippen molar-refractivity contribution in [2.24, 2.45) is 11.3 Å². The maximum Gasteiger partial charge on any atom is 0.408 e. The first kappa shape index (κ1) is 14.7. The van der Waals surface area contributed by atoms with Crippen molar-refractivity contribution in [2.75, 3.05) is 0 Å². The van der Waals surface area contributed by atoms with E-state index in [1.165, 1.54) is 37.0 Å². The summed E-state index contributed by atoms with van der Waals surface area (Å²) in [6.45, 7) is 4.15. The fourth-order valence-corrected chi connectivity index (χ4v) is 4.35. The van der Waals surface area contributed by atoms with Crippen molar-refractivity contribution in [3.8, 4) is 0 Å². The van der Waals surface area contributed by atoms with Crippen LogP contribution in [0.4, 0.5) is 4.79 Å². The summed E-state index contributed by atoms with van der Waals surface area (Å²) in [6.07, 6.45) is 6.77. The number of likely N-dealkylation sites (tertiary alicyclic amines) is 1. The van der Waals surface area contributed by atoms with Crippen molar-refractivity contribution >= 4 is 12.0 Å². The zero-order chi connectivity index (χ0) is 15.2. The van der Waals surface area contributed by atoms with E-state index in [0.29, 0.717) is 12.3 Å². The van der Waals surface area contributed by atoms with Crippen LogP contribution in [0.5, 0.6) is 0 Å². The van der Waals surface area contributed by atoms with Gasteiger partial charge in [-0.3, -0.25) is 9.69 Å². The van der Waals surface area contributed by atoms with E-state index in [9.17, 15) is 14.7 Å². The minimum absolute atomic E-state index is 0.0362. The molecule has 2 aliphatic carbocycles. The van der Waals surface area contributed by atoms with Gasteiger partial charge in [-0.2, -0.15) is 0 Å². The molecule has 3 fully saturated rings. The Labute approximate surface area is 126 Å². The monoisotopic (exact) mass is 294 g/mol. The molecule has 0 aromatic carbocycles. The quantitative estimate of drug-likeness (QED) is 0.840. The Balaban J connectivity index is 1.61. The summed E-state index contributed by atoms with van der Waals surface area (Å²) in [6, 6.07) is -0.286. The number of fused-ring (bicyclic) bond motifs is 1. The second-order valence-electron chi connectivity index (χ2n) is 7.48. The van der Waals surface area contributed by atoms with Crippen LogP contribution in [0.3, 0.4) is 0 Å². The number of carboxylic acid groups (broad SMARTS) is 1. The van der Waals surface area contributed by atoms with Crippen LogP contribution >= 0.6 is 0 Å². The molecule has 4 atom stereocenters. The highest BCUT2D eigenvalue weighted by Crippen LogP contribution is 2.59. The lowest BCUT2D eigenvalue weighted by Gasteiger charge is -2.31. The maximum absolute atomic E-state index is 12.5. The standard InChI is InChI=1S/C16H26N2O3/c1-10(11-6-4-3-5-7-11)17-14(19)12-8-16(2)9-13(16)18(12)15(20)21/h10-13H,3-9H2,1-2H3,(H,17,19)(H,20,21)/t10-,12+,13-,16+/m1/s1. The molecule has 2 saturated carbocycles. The van der Waals surface area contributed by atoms with Gasteiger partial charge in [-0.15, -0.1) is 0 Å². The van der Waals surface area contributed by atoms with E-state index >= 15 is 0 Å². The third-order valence-electron chi connectivity index (χ3n) is 5.89. The number of hydrogen-bond acceptors (Lipinski definition) is 2. The van der Waals surface area contributed by atoms with Crippen molar-refractivity contribution < 1.29 is 14.7 Å². The van der Waals surface area contributed by atoms with E-state index in [1.807, 2.05) is 0 Å². The maximum atomic E-state index is 12.5. The average molecular weight is 294 g/mol. The van der Waals surface area contributed by atoms with Gasteiger partial charge in [-0.1, -0.05) is 26.2 Å². The van der Waals surface area contributed by atoms with Crippen molar-refractivity contribution in [2.45, 2.75) is 76.9 Å². The van der Waals surface area contributed by atoms with E-state index in [4.69, 9.17) is 0 Å². The molecule has 1 aliphatic heterocycles. The zero-order valence-corrected chi connectivity index (χ0v) is 13.0. The number of amides is 2. The second-order valence-corrected chi connectivity index (χ2v) is 7.48. The molecule has 0 bridgehead atoms. The molecule has 21 heavy (non-hydrogen) atoms. The SMILES string of the molecule is C[C@@H](NC(=O)[C@@H]1C[C@@]2(C)C[C@H]2N1C(=O)O)C1CCCCC1. The highest BCUT2D eigenvalue weighted by atomic mass is 16.4. The van der Waals surface area contributed by atoms with Crippen LogP contribution in [-0.2, 0) is 4.79 Å². The number of nitrogens with zero attached hydrogens (tertiary/aromatic N) is 1. The molecule has 5 heteroatoms. The first-order valence-corrected chi connectivity index (χ1v) is 8.24. The van der Waals surface area contributed by atoms with Crippen molar-refractivity contribution in [3.05, 3.63) is 0 Å². The summed E-state index contributed by atoms with van der Waals surface area (Å²) in [5.41, 5.74) is 0.0362. The highest BCUT2D eigenvalue weighted by Gasteiger charge is 2.64. The van der Waals surface area contributed by atoms with E-state index in [2.05, 4.69) is 19.2 Å². The third kappa shape index (κ3) is 2.62. The number of nitrogens with one attached hydrogen (secondary N) is 1. The van der Waals surface area contributed by atoms with Crippen molar-refractivity contribution in [1.82, 2.24) is 10.2 Å². The largest absolute Gasteiger partial charge is 0.465 e. The molecule has 3 rings (SSSR count). The van der Waals surface area contributed by atoms with E-state index in [1.54, 1.807) is 0 Å². The number of piperidine rings is 1. The molecule has 0 aromatic rings. The highest BCUT2D eigenvalue weighted by molar-refractivity contribution is 5.87. The van der Waals surface area contributed by atoms with Crippen molar-refractivity contribution in [3.63, 3.8) is 0 Å². The summed E-state index contributed by atoms with van der Waals surface area (Å²) in [4.78, 5) is 25.3. The van der Waals surface area contributed by atoms with Gasteiger partial charge in [0.25, 0.3) is 0 Å². The van der Waals surface area contributed by atoms with Gasteiger partial charge in [-0.05, 0) is 43.9 Å². The van der Waals surface area contributed by atoms with Crippen LogP contribution in [-0.4, -0.2) is 40.1 Å². The summed E-state index contributed by atoms with van der Waals surface area (Å²) in [5, 5.41) is 12.5. The van der Waals surface area contributed by atoms with Gasteiger partial charge >= 0.3 is 6.09 Å². The molecular formula is C16H26N2O3. The molecule has 3 aliphatic rings. The topological polar surface area (TPSA) is 69.6 Å². The zero-order valence-electron chi connectivity index (χ0n) is 13.0. The summed E-state index contributed by atoms with van der Waals surface area (Å²) < 4.78 is 0. The van der Waals surface area contributed by atoms with E-state index in [-0.39, 0.29) is 23.4 Å². The minimum Gasteiger partial charge on any atom is -0.465 e. The first-order chi connectivity index (χ1) is 9.92. The molecule has 0 radical (unpaired) electrons. The molecule has 1 heterocycles. The molecule has 0 spiro atoms. The van der Waals surface area contributed by atoms with Gasteiger partial charge in [0.15, 0.2) is 0 Å². The molecule has 0 unspecified atom stereocenters. The molecule has 2 N–H and O–H groups in total. The molecular weight excluding hydrogens is 268 g/mol. The van der Waals surface area contributed by atoms with Gasteiger partial charge in [0.2, 0.25) is 5.91 Å². The smallest absolute Gasteiger partial charge is 0.408 e. The van der Waals surface area contributed by atoms with Crippen molar-refractivity contribution in [1.29, 1.82) is 0 Å². The van der Waals surface area contributed by atoms with Crippen LogP contribution < -0.4 is 5.32 Å². The Bertz CT molecular complexity index is 447. The fourth-order valence-electron chi connectivity index (χ4n) is 4.35. The van der Waals surface area contributed by atoms with E-state index in [0.717, 1.165) is 6.42 Å². The fraction of sp³-hybridized carbons (Fsp3) is 0.875. The number of rotatable bonds is 3. The number of hydrogen-bond donors (Lipinski definition) is 2. The number of carbonyl (C=O) groups is 2. The Morgan fingerprint density at radius 2 is 1.90 bits per heavy atom. The molecule has 118 valence electrons. The van der Waals surface area contributed by atoms with Gasteiger partial charge in [0.05, 0.1) is 0 Å². The summed E-state index contributed by atoms with van der Waals surface area (Å²) in [7, 11) is 0. The van der Waals surface area contributed by atoms with Gasteiger partial charge in [-0.25, -0.2) is 4.79 Å². The van der Waals surface area contributed by atoms with Crippen LogP contribution in [0.25, 0.3) is 0 Å². The number of carbonyl (C=O) groups excluding carboxylic acids is 1. The predicted molar refractivity (Wildman–Crippen MR) is 79.0 cm³/mol. The van der Waals surface area contributed by atoms with Crippen LogP contribution in [0.2, 0.25) is 0 Å². The Morgan fingerprint density at radius 1 is 1.24 bits per heavy atom. The summed E-state index contributed by atoms with van der Waals surface area (Å²) >= 11 is 0. The molecule has 1 saturated heterocycles. The third-order valence-corrected chi connectivity index (χ3v) is 5.89. The van der Waals surface area contributed by atoms with Crippen LogP contribution in [0.1, 0.15) is 58.8 Å². The molecule has 5 nitrogen and oxygen atoms in total. The van der Waals surface area contributed by atoms with Gasteiger partial charge in [0.1, 0.15) is 6.04 Å². The Hall–Kier alpha value is -1.26. The van der Waals surface area contributed by atoms with Gasteiger partial charge in [0, 0.05) is 12.1 Å². The molecule has 2 amide bonds. The van der Waals surface area contributed by atoms with Gasteiger partial charge < -0.3 is 10.4 Å². The molecule has 0 aromatic heterocycles. The Morgan fingerprint density at radius 3 is 2.52 bits per heavy atom. The Kier molecular flexibility index (Phi) is 3.62. The first-order valence-electron chi connectivity index (χ1n) is 8.24. The predicted octanol–water partition coefficient (Wildman–Crippen LogP) is 2.60. The lowest BCUT2D eigenvalue weighted by molar-refractivity contribution is -0.126. The van der Waals surface area contributed by atoms with Crippen LogP contribution in [0, 0.1) is 11.3 Å². The average Bonchev–Trinajstić information content (AvgIpc) is 3.00.